The molecule has 1 aliphatic rings. The first-order chi connectivity index (χ1) is 11.0. The lowest BCUT2D eigenvalue weighted by Crippen LogP contribution is -2.17. The van der Waals surface area contributed by atoms with Crippen molar-refractivity contribution >= 4 is 25.2 Å². The first kappa shape index (κ1) is 20.4. The molecule has 0 amide bonds. The zero-order valence-corrected chi connectivity index (χ0v) is 15.0. The fraction of sp³-hybridized carbons (Fsp3) is 0.556. The molecular formula is C18H26O5S. The highest BCUT2D eigenvalue weighted by Crippen LogP contribution is 2.30. The fourth-order valence-electron chi connectivity index (χ4n) is 2.93. The van der Waals surface area contributed by atoms with Crippen LogP contribution in [0.25, 0.3) is 0 Å². The summed E-state index contributed by atoms with van der Waals surface area (Å²) in [5.41, 5.74) is 0.728. The largest absolute Gasteiger partial charge is 0.508 e. The number of phenolic OH excluding ortho intramolecular Hbond substituents is 2. The molecule has 0 fully saturated rings. The number of hydrogen-bond donors (Lipinski definition) is 2. The van der Waals surface area contributed by atoms with E-state index in [1.807, 2.05) is 0 Å². The van der Waals surface area contributed by atoms with E-state index in [0.29, 0.717) is 37.7 Å². The number of hydrogen-bond acceptors (Lipinski definition) is 5. The van der Waals surface area contributed by atoms with E-state index in [4.69, 9.17) is 4.74 Å². The minimum Gasteiger partial charge on any atom is -0.508 e. The topological polar surface area (TPSA) is 83.8 Å². The van der Waals surface area contributed by atoms with Gasteiger partial charge in [0.15, 0.2) is 0 Å². The zero-order valence-electron chi connectivity index (χ0n) is 14.0. The minimum atomic E-state index is -0.576. The molecule has 1 heterocycles. The summed E-state index contributed by atoms with van der Waals surface area (Å²) in [4.78, 5) is 24.1. The Morgan fingerprint density at radius 3 is 2.42 bits per heavy atom. The van der Waals surface area contributed by atoms with Crippen molar-refractivity contribution in [1.82, 2.24) is 0 Å². The highest BCUT2D eigenvalue weighted by molar-refractivity contribution is 7.59. The Morgan fingerprint density at radius 2 is 1.67 bits per heavy atom. The number of benzene rings is 1. The van der Waals surface area contributed by atoms with E-state index in [-0.39, 0.29) is 42.4 Å². The van der Waals surface area contributed by atoms with Gasteiger partial charge in [0.25, 0.3) is 0 Å². The number of esters is 1. The normalized spacial score (nSPS) is 20.3. The SMILES string of the molecule is C[C@H]1CCCC(=O)CCCCCc2cc(O)cc(O)c2C(=O)O1.S. The molecule has 0 spiro atoms. The van der Waals surface area contributed by atoms with Gasteiger partial charge in [0.05, 0.1) is 6.10 Å². The quantitative estimate of drug-likeness (QED) is 0.695. The van der Waals surface area contributed by atoms with Gasteiger partial charge in [-0.15, -0.1) is 0 Å². The number of cyclic esters (lactones) is 1. The van der Waals surface area contributed by atoms with Crippen molar-refractivity contribution in [3.63, 3.8) is 0 Å². The molecule has 2 rings (SSSR count). The Morgan fingerprint density at radius 1 is 1.00 bits per heavy atom. The lowest BCUT2D eigenvalue weighted by Gasteiger charge is -2.17. The molecule has 1 atom stereocenters. The highest BCUT2D eigenvalue weighted by atomic mass is 32.1. The summed E-state index contributed by atoms with van der Waals surface area (Å²) in [7, 11) is 0. The summed E-state index contributed by atoms with van der Waals surface area (Å²) in [6.45, 7) is 1.78. The fourth-order valence-corrected chi connectivity index (χ4v) is 2.93. The molecule has 2 N–H and O–H groups in total. The third kappa shape index (κ3) is 5.74. The first-order valence-corrected chi connectivity index (χ1v) is 8.25. The zero-order chi connectivity index (χ0) is 16.8. The Labute approximate surface area is 149 Å². The second-order valence-corrected chi connectivity index (χ2v) is 6.21. The number of aryl methyl sites for hydroxylation is 1. The first-order valence-electron chi connectivity index (χ1n) is 8.25. The maximum atomic E-state index is 12.4. The van der Waals surface area contributed by atoms with Gasteiger partial charge in [-0.2, -0.15) is 13.5 Å². The van der Waals surface area contributed by atoms with Gasteiger partial charge >= 0.3 is 5.97 Å². The van der Waals surface area contributed by atoms with Crippen molar-refractivity contribution in [2.75, 3.05) is 0 Å². The molecule has 1 aromatic carbocycles. The van der Waals surface area contributed by atoms with Gasteiger partial charge < -0.3 is 14.9 Å². The lowest BCUT2D eigenvalue weighted by atomic mass is 9.98. The molecule has 0 aliphatic carbocycles. The molecule has 134 valence electrons. The Hall–Kier alpha value is -1.69. The third-order valence-electron chi connectivity index (χ3n) is 4.16. The number of phenols is 2. The van der Waals surface area contributed by atoms with Gasteiger partial charge in [-0.25, -0.2) is 4.79 Å². The number of Topliss-reactive ketones (excluding diaryl/α,β-unsaturated/α-hetero) is 1. The summed E-state index contributed by atoms with van der Waals surface area (Å²) in [5.74, 6) is -0.637. The van der Waals surface area contributed by atoms with Crippen molar-refractivity contribution < 1.29 is 24.5 Å². The van der Waals surface area contributed by atoms with Crippen molar-refractivity contribution in [3.05, 3.63) is 23.3 Å². The van der Waals surface area contributed by atoms with E-state index in [0.717, 1.165) is 25.3 Å². The molecular weight excluding hydrogens is 328 g/mol. The average molecular weight is 354 g/mol. The summed E-state index contributed by atoms with van der Waals surface area (Å²) >= 11 is 0. The second kappa shape index (κ2) is 9.57. The van der Waals surface area contributed by atoms with Crippen LogP contribution in [0.3, 0.4) is 0 Å². The summed E-state index contributed by atoms with van der Waals surface area (Å²) in [6, 6.07) is 2.66. The number of fused-ring (bicyclic) bond motifs is 1. The molecule has 24 heavy (non-hydrogen) atoms. The number of carbonyl (C=O) groups excluding carboxylic acids is 2. The van der Waals surface area contributed by atoms with Crippen LogP contribution in [-0.2, 0) is 16.0 Å². The maximum Gasteiger partial charge on any atom is 0.342 e. The van der Waals surface area contributed by atoms with Crippen molar-refractivity contribution in [2.24, 2.45) is 0 Å². The summed E-state index contributed by atoms with van der Waals surface area (Å²) in [6.07, 6.45) is 5.14. The van der Waals surface area contributed by atoms with Crippen molar-refractivity contribution in [2.45, 2.75) is 64.4 Å². The molecule has 0 radical (unpaired) electrons. The van der Waals surface area contributed by atoms with Gasteiger partial charge in [0.1, 0.15) is 22.8 Å². The van der Waals surface area contributed by atoms with Crippen LogP contribution >= 0.6 is 13.5 Å². The molecule has 5 nitrogen and oxygen atoms in total. The van der Waals surface area contributed by atoms with Gasteiger partial charge in [-0.1, -0.05) is 6.42 Å². The van der Waals surface area contributed by atoms with Crippen LogP contribution in [0.1, 0.15) is 67.8 Å². The van der Waals surface area contributed by atoms with Crippen LogP contribution in [0.5, 0.6) is 11.5 Å². The number of carbonyl (C=O) groups is 2. The molecule has 1 aromatic rings. The second-order valence-electron chi connectivity index (χ2n) is 6.21. The smallest absolute Gasteiger partial charge is 0.342 e. The lowest BCUT2D eigenvalue weighted by molar-refractivity contribution is -0.119. The van der Waals surface area contributed by atoms with E-state index in [1.165, 1.54) is 6.07 Å². The number of ketones is 1. The Balaban J connectivity index is 0.00000288. The van der Waals surface area contributed by atoms with Crippen molar-refractivity contribution in [3.8, 4) is 11.5 Å². The van der Waals surface area contributed by atoms with Crippen molar-refractivity contribution in [1.29, 1.82) is 0 Å². The number of aromatic hydroxyl groups is 2. The van der Waals surface area contributed by atoms with E-state index >= 15 is 0 Å². The van der Waals surface area contributed by atoms with E-state index in [9.17, 15) is 19.8 Å². The van der Waals surface area contributed by atoms with Gasteiger partial charge in [-0.3, -0.25) is 4.79 Å². The molecule has 0 aromatic heterocycles. The van der Waals surface area contributed by atoms with Crippen LogP contribution in [0.4, 0.5) is 0 Å². The molecule has 0 bridgehead atoms. The van der Waals surface area contributed by atoms with Gasteiger partial charge in [0, 0.05) is 18.9 Å². The summed E-state index contributed by atoms with van der Waals surface area (Å²) in [5, 5.41) is 19.7. The molecule has 0 saturated carbocycles. The highest BCUT2D eigenvalue weighted by Gasteiger charge is 2.21. The van der Waals surface area contributed by atoms with Crippen LogP contribution < -0.4 is 0 Å². The Bertz CT molecular complexity index is 585. The minimum absolute atomic E-state index is 0. The van der Waals surface area contributed by atoms with E-state index < -0.39 is 5.97 Å². The average Bonchev–Trinajstić information content (AvgIpc) is 2.45. The Kier molecular flexibility index (Phi) is 8.11. The third-order valence-corrected chi connectivity index (χ3v) is 4.16. The predicted molar refractivity (Wildman–Crippen MR) is 96.1 cm³/mol. The van der Waals surface area contributed by atoms with E-state index in [2.05, 4.69) is 0 Å². The van der Waals surface area contributed by atoms with Crippen LogP contribution in [0.15, 0.2) is 12.1 Å². The van der Waals surface area contributed by atoms with Gasteiger partial charge in [0.2, 0.25) is 0 Å². The summed E-state index contributed by atoms with van der Waals surface area (Å²) < 4.78 is 5.39. The monoisotopic (exact) mass is 354 g/mol. The molecule has 6 heteroatoms. The molecule has 0 unspecified atom stereocenters. The molecule has 1 aliphatic heterocycles. The van der Waals surface area contributed by atoms with Crippen LogP contribution in [0, 0.1) is 0 Å². The van der Waals surface area contributed by atoms with Crippen LogP contribution in [-0.4, -0.2) is 28.1 Å². The van der Waals surface area contributed by atoms with E-state index in [1.54, 1.807) is 6.92 Å². The predicted octanol–water partition coefficient (Wildman–Crippen LogP) is 3.61. The maximum absolute atomic E-state index is 12.4. The standard InChI is InChI=1S/C18H24O5.H2S/c1-12-6-5-9-14(19)8-4-2-3-7-13-10-15(20)11-16(21)17(13)18(22)23-12;/h10-12,20-21H,2-9H2,1H3;1H2/t12-;/m0./s1. The van der Waals surface area contributed by atoms with Crippen LogP contribution in [0.2, 0.25) is 0 Å². The number of rotatable bonds is 0. The molecule has 0 saturated heterocycles. The van der Waals surface area contributed by atoms with Gasteiger partial charge in [-0.05, 0) is 50.7 Å². The number of ether oxygens (including phenoxy) is 1.